The van der Waals surface area contributed by atoms with Gasteiger partial charge < -0.3 is 15.0 Å². The van der Waals surface area contributed by atoms with Gasteiger partial charge in [0.1, 0.15) is 0 Å². The van der Waals surface area contributed by atoms with Gasteiger partial charge in [0.15, 0.2) is 0 Å². The standard InChI is InChI=1S/C27H24Cl2N2O4/c1-3-16(27(34)35-2)14-31-15-19-5-4-18(12-23(19)26(31)33)17-6-9-21(10-7-17)30-25(32)22-11-8-20(28)13-24(22)29/h4-13,16H,3,14-15H2,1-2H3,(H,30,32)/t16-/m0/s1. The van der Waals surface area contributed by atoms with Crippen LogP contribution < -0.4 is 5.32 Å². The molecule has 0 saturated carbocycles. The van der Waals surface area contributed by atoms with Crippen LogP contribution in [0.3, 0.4) is 0 Å². The third-order valence-electron chi connectivity index (χ3n) is 6.11. The zero-order valence-corrected chi connectivity index (χ0v) is 20.8. The molecule has 1 aliphatic rings. The molecule has 0 radical (unpaired) electrons. The summed E-state index contributed by atoms with van der Waals surface area (Å²) in [5.41, 5.74) is 4.31. The van der Waals surface area contributed by atoms with Gasteiger partial charge in [0.25, 0.3) is 11.8 Å². The zero-order chi connectivity index (χ0) is 25.1. The van der Waals surface area contributed by atoms with E-state index in [1.807, 2.05) is 37.3 Å². The topological polar surface area (TPSA) is 75.7 Å². The second kappa shape index (κ2) is 10.5. The molecule has 1 aliphatic heterocycles. The van der Waals surface area contributed by atoms with Crippen molar-refractivity contribution >= 4 is 46.7 Å². The number of hydrogen-bond donors (Lipinski definition) is 1. The maximum Gasteiger partial charge on any atom is 0.310 e. The molecule has 0 saturated heterocycles. The highest BCUT2D eigenvalue weighted by Gasteiger charge is 2.31. The molecule has 0 unspecified atom stereocenters. The monoisotopic (exact) mass is 510 g/mol. The number of amides is 2. The van der Waals surface area contributed by atoms with Crippen molar-refractivity contribution < 1.29 is 19.1 Å². The van der Waals surface area contributed by atoms with Gasteiger partial charge in [-0.15, -0.1) is 0 Å². The number of nitrogens with one attached hydrogen (secondary N) is 1. The van der Waals surface area contributed by atoms with Crippen LogP contribution in [0.15, 0.2) is 60.7 Å². The first kappa shape index (κ1) is 24.8. The van der Waals surface area contributed by atoms with Crippen LogP contribution >= 0.6 is 23.2 Å². The molecule has 3 aromatic carbocycles. The average Bonchev–Trinajstić information content (AvgIpc) is 3.16. The molecule has 1 N–H and O–H groups in total. The number of carbonyl (C=O) groups excluding carboxylic acids is 3. The van der Waals surface area contributed by atoms with Crippen molar-refractivity contribution in [3.8, 4) is 11.1 Å². The Morgan fingerprint density at radius 3 is 2.40 bits per heavy atom. The van der Waals surface area contributed by atoms with Gasteiger partial charge in [-0.3, -0.25) is 14.4 Å². The number of rotatable bonds is 7. The molecule has 0 fully saturated rings. The van der Waals surface area contributed by atoms with E-state index in [0.29, 0.717) is 41.3 Å². The Labute approximate surface area is 213 Å². The lowest BCUT2D eigenvalue weighted by Gasteiger charge is -2.20. The molecule has 2 amide bonds. The summed E-state index contributed by atoms with van der Waals surface area (Å²) < 4.78 is 4.86. The van der Waals surface area contributed by atoms with Crippen LogP contribution in [0.2, 0.25) is 10.0 Å². The van der Waals surface area contributed by atoms with E-state index in [1.165, 1.54) is 13.2 Å². The van der Waals surface area contributed by atoms with Crippen molar-refractivity contribution in [3.05, 3.63) is 87.4 Å². The van der Waals surface area contributed by atoms with Crippen molar-refractivity contribution in [2.45, 2.75) is 19.9 Å². The van der Waals surface area contributed by atoms with Gasteiger partial charge in [0.05, 0.1) is 23.6 Å². The van der Waals surface area contributed by atoms with E-state index in [9.17, 15) is 14.4 Å². The molecular weight excluding hydrogens is 487 g/mol. The minimum Gasteiger partial charge on any atom is -0.469 e. The summed E-state index contributed by atoms with van der Waals surface area (Å²) in [7, 11) is 1.36. The number of halogens is 2. The highest BCUT2D eigenvalue weighted by Crippen LogP contribution is 2.30. The molecule has 0 spiro atoms. The smallest absolute Gasteiger partial charge is 0.310 e. The number of esters is 1. The Morgan fingerprint density at radius 1 is 1.03 bits per heavy atom. The van der Waals surface area contributed by atoms with E-state index >= 15 is 0 Å². The first-order valence-electron chi connectivity index (χ1n) is 11.2. The van der Waals surface area contributed by atoms with Crippen molar-refractivity contribution in [1.29, 1.82) is 0 Å². The quantitative estimate of drug-likeness (QED) is 0.391. The number of nitrogens with zero attached hydrogens (tertiary/aromatic N) is 1. The molecule has 1 atom stereocenters. The zero-order valence-electron chi connectivity index (χ0n) is 19.3. The predicted octanol–water partition coefficient (Wildman–Crippen LogP) is 6.07. The van der Waals surface area contributed by atoms with E-state index in [0.717, 1.165) is 16.7 Å². The number of fused-ring (bicyclic) bond motifs is 1. The lowest BCUT2D eigenvalue weighted by atomic mass is 10.00. The Hall–Kier alpha value is -3.35. The fourth-order valence-electron chi connectivity index (χ4n) is 4.11. The van der Waals surface area contributed by atoms with Gasteiger partial charge in [-0.1, -0.05) is 54.4 Å². The number of ether oxygens (including phenoxy) is 1. The average molecular weight is 511 g/mol. The Kier molecular flexibility index (Phi) is 7.43. The normalized spacial score (nSPS) is 13.4. The number of anilines is 1. The summed E-state index contributed by atoms with van der Waals surface area (Å²) in [6, 6.07) is 17.8. The molecule has 0 aliphatic carbocycles. The van der Waals surface area contributed by atoms with Crippen LogP contribution in [0.5, 0.6) is 0 Å². The van der Waals surface area contributed by atoms with Gasteiger partial charge in [-0.25, -0.2) is 0 Å². The Bertz CT molecular complexity index is 1290. The first-order chi connectivity index (χ1) is 16.8. The van der Waals surface area contributed by atoms with E-state index in [4.69, 9.17) is 27.9 Å². The van der Waals surface area contributed by atoms with Crippen molar-refractivity contribution in [2.75, 3.05) is 19.0 Å². The molecule has 1 heterocycles. The third kappa shape index (κ3) is 5.34. The molecule has 0 aromatic heterocycles. The Morgan fingerprint density at radius 2 is 1.74 bits per heavy atom. The van der Waals surface area contributed by atoms with E-state index in [1.54, 1.807) is 29.2 Å². The number of hydrogen-bond acceptors (Lipinski definition) is 4. The van der Waals surface area contributed by atoms with Crippen molar-refractivity contribution in [1.82, 2.24) is 4.90 Å². The van der Waals surface area contributed by atoms with Crippen LogP contribution in [0.4, 0.5) is 5.69 Å². The number of benzene rings is 3. The molecular formula is C27H24Cl2N2O4. The van der Waals surface area contributed by atoms with Gasteiger partial charge >= 0.3 is 5.97 Å². The SMILES string of the molecule is CC[C@@H](CN1Cc2ccc(-c3ccc(NC(=O)c4ccc(Cl)cc4Cl)cc3)cc2C1=O)C(=O)OC. The molecule has 8 heteroatoms. The highest BCUT2D eigenvalue weighted by molar-refractivity contribution is 6.37. The predicted molar refractivity (Wildman–Crippen MR) is 137 cm³/mol. The number of carbonyl (C=O) groups is 3. The summed E-state index contributed by atoms with van der Waals surface area (Å²) in [4.78, 5) is 39.2. The Balaban J connectivity index is 1.47. The third-order valence-corrected chi connectivity index (χ3v) is 6.66. The molecule has 3 aromatic rings. The first-order valence-corrected chi connectivity index (χ1v) is 11.9. The van der Waals surface area contributed by atoms with Crippen LogP contribution in [-0.2, 0) is 16.1 Å². The second-order valence-corrected chi connectivity index (χ2v) is 9.19. The molecule has 4 rings (SSSR count). The number of methoxy groups -OCH3 is 1. The summed E-state index contributed by atoms with van der Waals surface area (Å²) in [5.74, 6) is -1.07. The lowest BCUT2D eigenvalue weighted by molar-refractivity contribution is -0.146. The summed E-state index contributed by atoms with van der Waals surface area (Å²) in [6.07, 6.45) is 0.602. The molecule has 0 bridgehead atoms. The molecule has 6 nitrogen and oxygen atoms in total. The summed E-state index contributed by atoms with van der Waals surface area (Å²) >= 11 is 12.0. The van der Waals surface area contributed by atoms with E-state index in [2.05, 4.69) is 5.32 Å². The minimum atomic E-state index is -0.344. The van der Waals surface area contributed by atoms with Gasteiger partial charge in [-0.2, -0.15) is 0 Å². The van der Waals surface area contributed by atoms with Crippen molar-refractivity contribution in [2.24, 2.45) is 5.92 Å². The molecule has 35 heavy (non-hydrogen) atoms. The summed E-state index contributed by atoms with van der Waals surface area (Å²) in [5, 5.41) is 3.56. The summed E-state index contributed by atoms with van der Waals surface area (Å²) in [6.45, 7) is 2.71. The second-order valence-electron chi connectivity index (χ2n) is 8.34. The molecule has 180 valence electrons. The van der Waals surface area contributed by atoms with E-state index in [-0.39, 0.29) is 28.7 Å². The fourth-order valence-corrected chi connectivity index (χ4v) is 4.60. The maximum atomic E-state index is 13.0. The van der Waals surface area contributed by atoms with Gasteiger partial charge in [-0.05, 0) is 59.5 Å². The van der Waals surface area contributed by atoms with Crippen LogP contribution in [0.25, 0.3) is 11.1 Å². The van der Waals surface area contributed by atoms with E-state index < -0.39 is 0 Å². The van der Waals surface area contributed by atoms with Gasteiger partial charge in [0, 0.05) is 29.4 Å². The van der Waals surface area contributed by atoms with Crippen LogP contribution in [0.1, 0.15) is 39.6 Å². The largest absolute Gasteiger partial charge is 0.469 e. The minimum absolute atomic E-state index is 0.0899. The van der Waals surface area contributed by atoms with Crippen LogP contribution in [-0.4, -0.2) is 36.3 Å². The lowest BCUT2D eigenvalue weighted by Crippen LogP contribution is -2.33. The van der Waals surface area contributed by atoms with Gasteiger partial charge in [0.2, 0.25) is 0 Å². The van der Waals surface area contributed by atoms with Crippen LogP contribution in [0, 0.1) is 5.92 Å². The maximum absolute atomic E-state index is 13.0. The van der Waals surface area contributed by atoms with Crippen molar-refractivity contribution in [3.63, 3.8) is 0 Å². The fraction of sp³-hybridized carbons (Fsp3) is 0.222. The highest BCUT2D eigenvalue weighted by atomic mass is 35.5.